The van der Waals surface area contributed by atoms with Gasteiger partial charge in [-0.15, -0.1) is 0 Å². The van der Waals surface area contributed by atoms with Crippen molar-refractivity contribution in [2.45, 2.75) is 44.6 Å². The maximum Gasteiger partial charge on any atom is 0.241 e. The van der Waals surface area contributed by atoms with Gasteiger partial charge in [-0.25, -0.2) is 0 Å². The molecule has 1 aliphatic rings. The molecule has 0 aromatic heterocycles. The molecule has 1 unspecified atom stereocenters. The van der Waals surface area contributed by atoms with Crippen molar-refractivity contribution in [1.29, 1.82) is 0 Å². The van der Waals surface area contributed by atoms with Crippen molar-refractivity contribution < 1.29 is 9.53 Å². The molecule has 1 aromatic carbocycles. The molecule has 0 bridgehead atoms. The van der Waals surface area contributed by atoms with Crippen LogP contribution in [-0.4, -0.2) is 18.1 Å². The lowest BCUT2D eigenvalue weighted by molar-refractivity contribution is -0.125. The van der Waals surface area contributed by atoms with Gasteiger partial charge in [-0.1, -0.05) is 32.9 Å². The van der Waals surface area contributed by atoms with E-state index in [2.05, 4.69) is 26.8 Å². The lowest BCUT2D eigenvalue weighted by Crippen LogP contribution is -2.58. The van der Waals surface area contributed by atoms with Crippen LogP contribution >= 0.6 is 0 Å². The largest absolute Gasteiger partial charge is 0.491 e. The van der Waals surface area contributed by atoms with E-state index in [0.717, 1.165) is 18.6 Å². The van der Waals surface area contributed by atoms with Gasteiger partial charge in [0.25, 0.3) is 0 Å². The Morgan fingerprint density at radius 3 is 2.50 bits per heavy atom. The number of primary amides is 1. The van der Waals surface area contributed by atoms with Crippen LogP contribution in [-0.2, 0) is 10.2 Å². The van der Waals surface area contributed by atoms with E-state index in [1.807, 2.05) is 18.2 Å². The Labute approximate surface area is 120 Å². The second-order valence-electron chi connectivity index (χ2n) is 6.75. The number of carbonyl (C=O) groups is 1. The average Bonchev–Trinajstić information content (AvgIpc) is 3.19. The summed E-state index contributed by atoms with van der Waals surface area (Å²) in [5, 5.41) is 0. The molecule has 1 aromatic rings. The first-order valence-electron chi connectivity index (χ1n) is 7.05. The standard InChI is InChI=1S/C16H24N2O2/c1-15(2,3)12-5-4-6-13(9-12)20-10-16(18,14(17)19)11-7-8-11/h4-6,9,11H,7-8,10,18H2,1-3H3,(H2,17,19). The molecular formula is C16H24N2O2. The number of carbonyl (C=O) groups excluding carboxylic acids is 1. The summed E-state index contributed by atoms with van der Waals surface area (Å²) in [6, 6.07) is 7.89. The maximum absolute atomic E-state index is 11.6. The third-order valence-corrected chi connectivity index (χ3v) is 3.94. The van der Waals surface area contributed by atoms with Gasteiger partial charge >= 0.3 is 0 Å². The minimum absolute atomic E-state index is 0.0549. The van der Waals surface area contributed by atoms with Crippen molar-refractivity contribution in [2.24, 2.45) is 17.4 Å². The topological polar surface area (TPSA) is 78.3 Å². The number of benzene rings is 1. The quantitative estimate of drug-likeness (QED) is 0.863. The summed E-state index contributed by atoms with van der Waals surface area (Å²) in [5.74, 6) is 0.409. The molecule has 0 spiro atoms. The van der Waals surface area contributed by atoms with Crippen molar-refractivity contribution >= 4 is 5.91 Å². The van der Waals surface area contributed by atoms with E-state index in [0.29, 0.717) is 0 Å². The van der Waals surface area contributed by atoms with Crippen molar-refractivity contribution in [2.75, 3.05) is 6.61 Å². The molecule has 1 amide bonds. The first kappa shape index (κ1) is 14.9. The zero-order valence-corrected chi connectivity index (χ0v) is 12.5. The van der Waals surface area contributed by atoms with Crippen molar-refractivity contribution in [3.8, 4) is 5.75 Å². The van der Waals surface area contributed by atoms with Gasteiger partial charge in [0.15, 0.2) is 0 Å². The summed E-state index contributed by atoms with van der Waals surface area (Å²) in [6.45, 7) is 6.58. The summed E-state index contributed by atoms with van der Waals surface area (Å²) >= 11 is 0. The maximum atomic E-state index is 11.6. The molecule has 2 rings (SSSR count). The van der Waals surface area contributed by atoms with E-state index in [9.17, 15) is 4.79 Å². The predicted molar refractivity (Wildman–Crippen MR) is 79.5 cm³/mol. The first-order chi connectivity index (χ1) is 9.23. The molecule has 1 saturated carbocycles. The number of rotatable bonds is 5. The van der Waals surface area contributed by atoms with E-state index < -0.39 is 11.4 Å². The minimum Gasteiger partial charge on any atom is -0.491 e. The monoisotopic (exact) mass is 276 g/mol. The molecule has 20 heavy (non-hydrogen) atoms. The van der Waals surface area contributed by atoms with Crippen LogP contribution in [0.25, 0.3) is 0 Å². The van der Waals surface area contributed by atoms with Gasteiger partial charge in [0.2, 0.25) is 5.91 Å². The van der Waals surface area contributed by atoms with Gasteiger partial charge in [0.1, 0.15) is 17.9 Å². The highest BCUT2D eigenvalue weighted by Gasteiger charge is 2.47. The zero-order valence-electron chi connectivity index (χ0n) is 12.5. The average molecular weight is 276 g/mol. The third-order valence-electron chi connectivity index (χ3n) is 3.94. The molecule has 4 N–H and O–H groups in total. The Morgan fingerprint density at radius 2 is 2.00 bits per heavy atom. The summed E-state index contributed by atoms with van der Waals surface area (Å²) in [5.41, 5.74) is 11.7. The highest BCUT2D eigenvalue weighted by Crippen LogP contribution is 2.38. The number of hydrogen-bond donors (Lipinski definition) is 2. The van der Waals surface area contributed by atoms with E-state index in [-0.39, 0.29) is 17.9 Å². The van der Waals surface area contributed by atoms with E-state index in [1.54, 1.807) is 0 Å². The SMILES string of the molecule is CC(C)(C)c1cccc(OCC(N)(C(N)=O)C2CC2)c1. The number of nitrogens with two attached hydrogens (primary N) is 2. The molecule has 1 aliphatic carbocycles. The van der Waals surface area contributed by atoms with Crippen LogP contribution in [0.15, 0.2) is 24.3 Å². The fourth-order valence-electron chi connectivity index (χ4n) is 2.24. The van der Waals surface area contributed by atoms with Crippen LogP contribution in [0.3, 0.4) is 0 Å². The Bertz CT molecular complexity index is 503. The molecule has 0 aliphatic heterocycles. The van der Waals surface area contributed by atoms with Gasteiger partial charge in [0.05, 0.1) is 0 Å². The van der Waals surface area contributed by atoms with E-state index in [1.165, 1.54) is 5.56 Å². The fourth-order valence-corrected chi connectivity index (χ4v) is 2.24. The van der Waals surface area contributed by atoms with Crippen LogP contribution in [0.5, 0.6) is 5.75 Å². The van der Waals surface area contributed by atoms with E-state index >= 15 is 0 Å². The molecule has 110 valence electrons. The summed E-state index contributed by atoms with van der Waals surface area (Å²) < 4.78 is 5.74. The lowest BCUT2D eigenvalue weighted by Gasteiger charge is -2.26. The number of amides is 1. The zero-order chi connectivity index (χ0) is 15.0. The smallest absolute Gasteiger partial charge is 0.241 e. The van der Waals surface area contributed by atoms with Crippen LogP contribution in [0.4, 0.5) is 0 Å². The van der Waals surface area contributed by atoms with Gasteiger partial charge in [-0.05, 0) is 41.9 Å². The molecule has 0 radical (unpaired) electrons. The summed E-state index contributed by atoms with van der Waals surface area (Å²) in [7, 11) is 0. The first-order valence-corrected chi connectivity index (χ1v) is 7.05. The third kappa shape index (κ3) is 3.12. The van der Waals surface area contributed by atoms with E-state index in [4.69, 9.17) is 16.2 Å². The molecule has 0 saturated heterocycles. The second-order valence-corrected chi connectivity index (χ2v) is 6.75. The molecule has 4 nitrogen and oxygen atoms in total. The highest BCUT2D eigenvalue weighted by atomic mass is 16.5. The normalized spacial score (nSPS) is 18.4. The van der Waals surface area contributed by atoms with Crippen LogP contribution in [0.1, 0.15) is 39.2 Å². The molecule has 1 atom stereocenters. The van der Waals surface area contributed by atoms with Gasteiger partial charge in [0, 0.05) is 0 Å². The Hall–Kier alpha value is -1.55. The van der Waals surface area contributed by atoms with Gasteiger partial charge < -0.3 is 16.2 Å². The molecular weight excluding hydrogens is 252 g/mol. The molecule has 0 heterocycles. The Morgan fingerprint density at radius 1 is 1.35 bits per heavy atom. The Kier molecular flexibility index (Phi) is 3.78. The fraction of sp³-hybridized carbons (Fsp3) is 0.562. The van der Waals surface area contributed by atoms with Gasteiger partial charge in [-0.3, -0.25) is 4.79 Å². The summed E-state index contributed by atoms with van der Waals surface area (Å²) in [4.78, 5) is 11.6. The van der Waals surface area contributed by atoms with Crippen molar-refractivity contribution in [3.63, 3.8) is 0 Å². The van der Waals surface area contributed by atoms with Crippen LogP contribution < -0.4 is 16.2 Å². The lowest BCUT2D eigenvalue weighted by atomic mass is 9.87. The van der Waals surface area contributed by atoms with Crippen molar-refractivity contribution in [3.05, 3.63) is 29.8 Å². The molecule has 4 heteroatoms. The minimum atomic E-state index is -1.04. The molecule has 1 fully saturated rings. The van der Waals surface area contributed by atoms with Crippen molar-refractivity contribution in [1.82, 2.24) is 0 Å². The van der Waals surface area contributed by atoms with Crippen LogP contribution in [0.2, 0.25) is 0 Å². The second kappa shape index (κ2) is 5.09. The predicted octanol–water partition coefficient (Wildman–Crippen LogP) is 1.96. The summed E-state index contributed by atoms with van der Waals surface area (Å²) in [6.07, 6.45) is 1.90. The number of hydrogen-bond acceptors (Lipinski definition) is 3. The van der Waals surface area contributed by atoms with Gasteiger partial charge in [-0.2, -0.15) is 0 Å². The highest BCUT2D eigenvalue weighted by molar-refractivity contribution is 5.85. The Balaban J connectivity index is 2.09. The number of ether oxygens (including phenoxy) is 1. The van der Waals surface area contributed by atoms with Crippen LogP contribution in [0, 0.1) is 5.92 Å².